The molecule has 2 aliphatic rings. The van der Waals surface area contributed by atoms with Gasteiger partial charge in [-0.2, -0.15) is 11.8 Å². The van der Waals surface area contributed by atoms with Gasteiger partial charge < -0.3 is 4.90 Å². The molecule has 0 spiro atoms. The summed E-state index contributed by atoms with van der Waals surface area (Å²) in [6, 6.07) is -0.516. The topological polar surface area (TPSA) is 133 Å². The fraction of sp³-hybridized carbons (Fsp3) is 0.583. The maximum Gasteiger partial charge on any atom is 0.264 e. The molecule has 0 saturated carbocycles. The van der Waals surface area contributed by atoms with Crippen molar-refractivity contribution in [1.82, 2.24) is 4.90 Å². The second kappa shape index (κ2) is 6.86. The number of rotatable bonds is 6. The molecule has 1 heterocycles. The predicted octanol–water partition coefficient (Wildman–Crippen LogP) is 1.68. The standard InChI is InChI=1S/C12H15N4O6S/c1-2-23-12-9(15(19)20)7-8(14(17)18)10(11(12)16(21)22)13-5-3-4-6-13/h7,12H,2-6H2,1H3/q-1. The van der Waals surface area contributed by atoms with E-state index in [9.17, 15) is 30.3 Å². The average molecular weight is 343 g/mol. The quantitative estimate of drug-likeness (QED) is 0.404. The van der Waals surface area contributed by atoms with Crippen molar-refractivity contribution in [2.45, 2.75) is 25.0 Å². The fourth-order valence-electron chi connectivity index (χ4n) is 2.75. The van der Waals surface area contributed by atoms with Crippen molar-refractivity contribution < 1.29 is 14.8 Å². The largest absolute Gasteiger partial charge is 0.376 e. The molecule has 126 valence electrons. The van der Waals surface area contributed by atoms with E-state index in [4.69, 9.17) is 0 Å². The Morgan fingerprint density at radius 2 is 1.83 bits per heavy atom. The first-order chi connectivity index (χ1) is 10.9. The van der Waals surface area contributed by atoms with Gasteiger partial charge in [0, 0.05) is 13.1 Å². The Labute approximate surface area is 135 Å². The molecule has 0 bridgehead atoms. The Morgan fingerprint density at radius 1 is 1.22 bits per heavy atom. The Balaban J connectivity index is 2.64. The summed E-state index contributed by atoms with van der Waals surface area (Å²) in [6.07, 6.45) is 2.42. The molecule has 1 fully saturated rings. The summed E-state index contributed by atoms with van der Waals surface area (Å²) in [5, 5.41) is 33.0. The van der Waals surface area contributed by atoms with Crippen molar-refractivity contribution in [3.8, 4) is 0 Å². The number of hydrogen-bond donors (Lipinski definition) is 0. The zero-order chi connectivity index (χ0) is 17.1. The summed E-state index contributed by atoms with van der Waals surface area (Å²) in [6.45, 7) is 2.66. The highest BCUT2D eigenvalue weighted by Gasteiger charge is 2.44. The molecule has 0 aromatic heterocycles. The summed E-state index contributed by atoms with van der Waals surface area (Å²) in [7, 11) is 0. The van der Waals surface area contributed by atoms with Gasteiger partial charge in [-0.05, 0) is 28.4 Å². The van der Waals surface area contributed by atoms with E-state index in [0.717, 1.165) is 30.7 Å². The van der Waals surface area contributed by atoms with Crippen LogP contribution < -0.4 is 0 Å². The number of nitro groups is 3. The van der Waals surface area contributed by atoms with Crippen molar-refractivity contribution >= 4 is 11.8 Å². The Morgan fingerprint density at radius 3 is 2.26 bits per heavy atom. The van der Waals surface area contributed by atoms with Crippen LogP contribution in [-0.2, 0) is 0 Å². The molecule has 1 aliphatic carbocycles. The predicted molar refractivity (Wildman–Crippen MR) is 82.1 cm³/mol. The molecule has 0 amide bonds. The molecule has 0 N–H and O–H groups in total. The summed E-state index contributed by atoms with van der Waals surface area (Å²) in [4.78, 5) is 33.4. The van der Waals surface area contributed by atoms with Gasteiger partial charge in [0.15, 0.2) is 5.70 Å². The van der Waals surface area contributed by atoms with Crippen molar-refractivity contribution in [2.75, 3.05) is 18.8 Å². The Bertz CT molecular complexity index is 598. The van der Waals surface area contributed by atoms with Crippen molar-refractivity contribution in [3.05, 3.63) is 59.6 Å². The Kier molecular flexibility index (Phi) is 5.08. The molecular weight excluding hydrogens is 328 g/mol. The van der Waals surface area contributed by atoms with E-state index < -0.39 is 37.5 Å². The van der Waals surface area contributed by atoms with Crippen LogP contribution in [0.4, 0.5) is 0 Å². The zero-order valence-electron chi connectivity index (χ0n) is 12.3. The zero-order valence-corrected chi connectivity index (χ0v) is 13.2. The van der Waals surface area contributed by atoms with E-state index >= 15 is 0 Å². The molecule has 1 atom stereocenters. The molecule has 23 heavy (non-hydrogen) atoms. The van der Waals surface area contributed by atoms with Gasteiger partial charge in [0.2, 0.25) is 0 Å². The highest BCUT2D eigenvalue weighted by atomic mass is 32.2. The van der Waals surface area contributed by atoms with Crippen molar-refractivity contribution in [2.24, 2.45) is 0 Å². The molecule has 11 heteroatoms. The van der Waals surface area contributed by atoms with Gasteiger partial charge in [0.1, 0.15) is 17.0 Å². The highest BCUT2D eigenvalue weighted by Crippen LogP contribution is 2.40. The molecule has 1 aliphatic heterocycles. The van der Waals surface area contributed by atoms with Gasteiger partial charge in [0.25, 0.3) is 5.70 Å². The van der Waals surface area contributed by atoms with Crippen LogP contribution in [0.15, 0.2) is 23.2 Å². The maximum atomic E-state index is 11.6. The van der Waals surface area contributed by atoms with E-state index in [1.165, 1.54) is 0 Å². The van der Waals surface area contributed by atoms with E-state index in [1.54, 1.807) is 11.8 Å². The molecule has 1 saturated heterocycles. The van der Waals surface area contributed by atoms with Crippen LogP contribution >= 0.6 is 11.8 Å². The molecular formula is C12H15N4O6S-. The Hall–Kier alpha value is -2.30. The maximum absolute atomic E-state index is 11.6. The lowest BCUT2D eigenvalue weighted by atomic mass is 10.00. The lowest BCUT2D eigenvalue weighted by Crippen LogP contribution is -2.37. The normalized spacial score (nSPS) is 21.4. The fourth-order valence-corrected chi connectivity index (χ4v) is 3.76. The number of likely N-dealkylation sites (tertiary alicyclic amines) is 1. The van der Waals surface area contributed by atoms with Gasteiger partial charge in [-0.3, -0.25) is 30.3 Å². The minimum Gasteiger partial charge on any atom is -0.376 e. The first-order valence-corrected chi connectivity index (χ1v) is 8.06. The smallest absolute Gasteiger partial charge is 0.264 e. The van der Waals surface area contributed by atoms with Crippen LogP contribution in [0.3, 0.4) is 0 Å². The first-order valence-electron chi connectivity index (χ1n) is 7.01. The minimum absolute atomic E-state index is 0.0888. The van der Waals surface area contributed by atoms with Crippen molar-refractivity contribution in [3.63, 3.8) is 0 Å². The average Bonchev–Trinajstić information content (AvgIpc) is 2.99. The molecule has 2 rings (SSSR count). The highest BCUT2D eigenvalue weighted by molar-refractivity contribution is 8.00. The lowest BCUT2D eigenvalue weighted by Gasteiger charge is -2.32. The van der Waals surface area contributed by atoms with Gasteiger partial charge in [-0.1, -0.05) is 13.0 Å². The summed E-state index contributed by atoms with van der Waals surface area (Å²) >= 11 is 1.03. The SMILES string of the molecule is CCSC1C([N+](=O)[O-])=C(N2CCCC2)C([N+](=O)[O-])=C[C-]1[N+](=O)[O-]. The minimum atomic E-state index is -1.12. The second-order valence-corrected chi connectivity index (χ2v) is 6.37. The monoisotopic (exact) mass is 343 g/mol. The number of hydrogen-bond acceptors (Lipinski definition) is 8. The van der Waals surface area contributed by atoms with Gasteiger partial charge in [-0.25, -0.2) is 0 Å². The van der Waals surface area contributed by atoms with E-state index in [-0.39, 0.29) is 5.70 Å². The summed E-state index contributed by atoms with van der Waals surface area (Å²) in [5.41, 5.74) is -1.12. The van der Waals surface area contributed by atoms with E-state index in [1.807, 2.05) is 0 Å². The summed E-state index contributed by atoms with van der Waals surface area (Å²) < 4.78 is 0. The molecule has 1 unspecified atom stereocenters. The van der Waals surface area contributed by atoms with Gasteiger partial charge >= 0.3 is 0 Å². The van der Waals surface area contributed by atoms with Crippen LogP contribution in [-0.4, -0.2) is 43.8 Å². The first kappa shape index (κ1) is 17.1. The second-order valence-electron chi connectivity index (χ2n) is 4.99. The molecule has 10 nitrogen and oxygen atoms in total. The van der Waals surface area contributed by atoms with Crippen LogP contribution in [0.25, 0.3) is 0 Å². The van der Waals surface area contributed by atoms with Crippen LogP contribution in [0, 0.1) is 36.4 Å². The summed E-state index contributed by atoms with van der Waals surface area (Å²) in [5.74, 6) is 0.411. The van der Waals surface area contributed by atoms with Crippen LogP contribution in [0.2, 0.25) is 0 Å². The van der Waals surface area contributed by atoms with E-state index in [0.29, 0.717) is 18.8 Å². The lowest BCUT2D eigenvalue weighted by molar-refractivity contribution is -0.478. The number of nitrogens with zero attached hydrogens (tertiary/aromatic N) is 4. The van der Waals surface area contributed by atoms with E-state index in [2.05, 4.69) is 0 Å². The van der Waals surface area contributed by atoms with Crippen LogP contribution in [0.1, 0.15) is 19.8 Å². The van der Waals surface area contributed by atoms with Gasteiger partial charge in [-0.15, -0.1) is 0 Å². The third kappa shape index (κ3) is 3.23. The third-order valence-corrected chi connectivity index (χ3v) is 4.78. The van der Waals surface area contributed by atoms with Crippen molar-refractivity contribution in [1.29, 1.82) is 0 Å². The molecule has 0 aromatic rings. The molecule has 0 aromatic carbocycles. The molecule has 0 radical (unpaired) electrons. The van der Waals surface area contributed by atoms with Crippen LogP contribution in [0.5, 0.6) is 0 Å². The number of thioether (sulfide) groups is 1. The third-order valence-electron chi connectivity index (χ3n) is 3.65. The van der Waals surface area contributed by atoms with Gasteiger partial charge in [0.05, 0.1) is 4.92 Å².